The maximum Gasteiger partial charge on any atom is 0.306 e. The number of hydrogen-bond donors (Lipinski definition) is 0. The third-order valence-electron chi connectivity index (χ3n) is 0.987. The van der Waals surface area contributed by atoms with Gasteiger partial charge in [-0.15, -0.1) is 13.2 Å². The minimum atomic E-state index is -0.294. The van der Waals surface area contributed by atoms with Gasteiger partial charge in [0, 0.05) is 6.42 Å². The van der Waals surface area contributed by atoms with Crippen LogP contribution in [0.1, 0.15) is 26.7 Å². The zero-order chi connectivity index (χ0) is 9.98. The summed E-state index contributed by atoms with van der Waals surface area (Å²) in [5.41, 5.74) is 0. The first kappa shape index (κ1) is 13.5. The van der Waals surface area contributed by atoms with E-state index >= 15 is 0 Å². The second-order valence-corrected chi connectivity index (χ2v) is 2.01. The number of ketones is 1. The van der Waals surface area contributed by atoms with Crippen molar-refractivity contribution < 1.29 is 14.3 Å². The van der Waals surface area contributed by atoms with Gasteiger partial charge in [0.1, 0.15) is 5.78 Å². The third kappa shape index (κ3) is 11.6. The molecule has 0 spiro atoms. The molecule has 0 aliphatic carbocycles. The third-order valence-corrected chi connectivity index (χ3v) is 0.987. The molecule has 12 heavy (non-hydrogen) atoms. The van der Waals surface area contributed by atoms with Crippen LogP contribution in [0.5, 0.6) is 0 Å². The number of esters is 1. The van der Waals surface area contributed by atoms with Gasteiger partial charge in [0.2, 0.25) is 0 Å². The number of Topliss-reactive ketones (excluding diaryl/α,β-unsaturated/α-hetero) is 1. The van der Waals surface area contributed by atoms with Crippen LogP contribution >= 0.6 is 0 Å². The lowest BCUT2D eigenvalue weighted by Gasteiger charge is -1.97. The van der Waals surface area contributed by atoms with Gasteiger partial charge in [0.05, 0.1) is 13.0 Å². The molecule has 3 heteroatoms. The molecule has 0 amide bonds. The minimum absolute atomic E-state index is 0.0213. The van der Waals surface area contributed by atoms with Crippen LogP contribution in [0, 0.1) is 0 Å². The van der Waals surface area contributed by atoms with E-state index in [9.17, 15) is 9.59 Å². The van der Waals surface area contributed by atoms with E-state index in [1.165, 1.54) is 6.92 Å². The van der Waals surface area contributed by atoms with Gasteiger partial charge in [-0.1, -0.05) is 0 Å². The smallest absolute Gasteiger partial charge is 0.306 e. The van der Waals surface area contributed by atoms with Crippen LogP contribution in [0.3, 0.4) is 0 Å². The van der Waals surface area contributed by atoms with E-state index in [4.69, 9.17) is 0 Å². The van der Waals surface area contributed by atoms with Gasteiger partial charge >= 0.3 is 5.97 Å². The molecule has 0 aromatic rings. The Morgan fingerprint density at radius 1 is 1.25 bits per heavy atom. The van der Waals surface area contributed by atoms with Gasteiger partial charge in [-0.05, 0) is 13.8 Å². The Balaban J connectivity index is 0. The number of ether oxygens (including phenoxy) is 1. The fourth-order valence-electron chi connectivity index (χ4n) is 0.511. The first-order valence-electron chi connectivity index (χ1n) is 3.82. The maximum absolute atomic E-state index is 10.6. The van der Waals surface area contributed by atoms with Crippen molar-refractivity contribution in [2.45, 2.75) is 26.7 Å². The van der Waals surface area contributed by atoms with Crippen molar-refractivity contribution >= 4 is 11.8 Å². The Labute approximate surface area is 73.4 Å². The van der Waals surface area contributed by atoms with Gasteiger partial charge in [-0.25, -0.2) is 0 Å². The maximum atomic E-state index is 10.6. The van der Waals surface area contributed by atoms with Crippen LogP contribution in [0.25, 0.3) is 0 Å². The Morgan fingerprint density at radius 3 is 2.08 bits per heavy atom. The average Bonchev–Trinajstić information content (AvgIpc) is 2.05. The highest BCUT2D eigenvalue weighted by Crippen LogP contribution is 1.92. The Kier molecular flexibility index (Phi) is 11.1. The molecule has 0 aromatic heterocycles. The highest BCUT2D eigenvalue weighted by Gasteiger charge is 2.02. The van der Waals surface area contributed by atoms with Crippen molar-refractivity contribution in [3.05, 3.63) is 13.2 Å². The number of carbonyl (C=O) groups excluding carboxylic acids is 2. The van der Waals surface area contributed by atoms with Gasteiger partial charge in [0.25, 0.3) is 0 Å². The molecule has 0 atom stereocenters. The van der Waals surface area contributed by atoms with Crippen LogP contribution in [0.15, 0.2) is 13.2 Å². The van der Waals surface area contributed by atoms with Crippen molar-refractivity contribution in [1.29, 1.82) is 0 Å². The standard InChI is InChI=1S/C7H12O3.C2H4/c1-3-10-7(9)5-4-6(2)8;1-2/h3-5H2,1-2H3;1-2H2. The lowest BCUT2D eigenvalue weighted by Crippen LogP contribution is -2.05. The predicted octanol–water partition coefficient (Wildman–Crippen LogP) is 1.72. The van der Waals surface area contributed by atoms with E-state index < -0.39 is 0 Å². The van der Waals surface area contributed by atoms with Crippen LogP contribution < -0.4 is 0 Å². The molecule has 0 heterocycles. The first-order valence-corrected chi connectivity index (χ1v) is 3.82. The predicted molar refractivity (Wildman–Crippen MR) is 47.8 cm³/mol. The largest absolute Gasteiger partial charge is 0.466 e. The molecule has 0 rings (SSSR count). The summed E-state index contributed by atoms with van der Waals surface area (Å²) in [6, 6.07) is 0. The van der Waals surface area contributed by atoms with Gasteiger partial charge in [-0.3, -0.25) is 4.79 Å². The van der Waals surface area contributed by atoms with Gasteiger partial charge in [0.15, 0.2) is 0 Å². The molecule has 0 unspecified atom stereocenters. The average molecular weight is 172 g/mol. The van der Waals surface area contributed by atoms with E-state index in [1.807, 2.05) is 0 Å². The first-order chi connectivity index (χ1) is 5.66. The summed E-state index contributed by atoms with van der Waals surface area (Å²) < 4.78 is 4.60. The topological polar surface area (TPSA) is 43.4 Å². The summed E-state index contributed by atoms with van der Waals surface area (Å²) in [4.78, 5) is 20.9. The molecule has 0 aliphatic rings. The van der Waals surface area contributed by atoms with E-state index in [0.29, 0.717) is 13.0 Å². The van der Waals surface area contributed by atoms with E-state index in [-0.39, 0.29) is 18.2 Å². The molecule has 0 saturated carbocycles. The number of carbonyl (C=O) groups is 2. The molecule has 0 saturated heterocycles. The summed E-state index contributed by atoms with van der Waals surface area (Å²) in [5.74, 6) is -0.272. The fraction of sp³-hybridized carbons (Fsp3) is 0.556. The van der Waals surface area contributed by atoms with E-state index in [1.54, 1.807) is 6.92 Å². The zero-order valence-corrected chi connectivity index (χ0v) is 7.76. The van der Waals surface area contributed by atoms with Crippen LogP contribution in [-0.2, 0) is 14.3 Å². The SMILES string of the molecule is C=C.CCOC(=O)CCC(C)=O. The molecule has 0 aliphatic heterocycles. The van der Waals surface area contributed by atoms with Crippen molar-refractivity contribution in [2.24, 2.45) is 0 Å². The van der Waals surface area contributed by atoms with Gasteiger partial charge in [-0.2, -0.15) is 0 Å². The molecule has 70 valence electrons. The number of hydrogen-bond acceptors (Lipinski definition) is 3. The molecular weight excluding hydrogens is 156 g/mol. The van der Waals surface area contributed by atoms with Crippen molar-refractivity contribution in [3.63, 3.8) is 0 Å². The van der Waals surface area contributed by atoms with E-state index in [0.717, 1.165) is 0 Å². The molecule has 0 radical (unpaired) electrons. The Bertz CT molecular complexity index is 141. The lowest BCUT2D eigenvalue weighted by atomic mass is 10.2. The Morgan fingerprint density at radius 2 is 1.75 bits per heavy atom. The molecule has 0 aromatic carbocycles. The normalized spacial score (nSPS) is 7.83. The Hall–Kier alpha value is -1.12. The van der Waals surface area contributed by atoms with Gasteiger partial charge < -0.3 is 9.53 Å². The van der Waals surface area contributed by atoms with Crippen molar-refractivity contribution in [3.8, 4) is 0 Å². The molecular formula is C9H16O3. The molecule has 0 fully saturated rings. The van der Waals surface area contributed by atoms with Crippen LogP contribution in [0.4, 0.5) is 0 Å². The molecule has 0 N–H and O–H groups in total. The lowest BCUT2D eigenvalue weighted by molar-refractivity contribution is -0.144. The highest BCUT2D eigenvalue weighted by molar-refractivity contribution is 5.80. The second-order valence-electron chi connectivity index (χ2n) is 2.01. The summed E-state index contributed by atoms with van der Waals surface area (Å²) >= 11 is 0. The highest BCUT2D eigenvalue weighted by atomic mass is 16.5. The van der Waals surface area contributed by atoms with Crippen LogP contribution in [0.2, 0.25) is 0 Å². The quantitative estimate of drug-likeness (QED) is 0.479. The van der Waals surface area contributed by atoms with Crippen molar-refractivity contribution in [2.75, 3.05) is 6.61 Å². The number of rotatable bonds is 4. The summed E-state index contributed by atoms with van der Waals surface area (Å²) in [5, 5.41) is 0. The summed E-state index contributed by atoms with van der Waals surface area (Å²) in [7, 11) is 0. The minimum Gasteiger partial charge on any atom is -0.466 e. The zero-order valence-electron chi connectivity index (χ0n) is 7.76. The van der Waals surface area contributed by atoms with Crippen molar-refractivity contribution in [1.82, 2.24) is 0 Å². The molecule has 3 nitrogen and oxygen atoms in total. The summed E-state index contributed by atoms with van der Waals surface area (Å²) in [6.07, 6.45) is 0.502. The van der Waals surface area contributed by atoms with E-state index in [2.05, 4.69) is 17.9 Å². The summed E-state index contributed by atoms with van der Waals surface area (Å²) in [6.45, 7) is 9.58. The monoisotopic (exact) mass is 172 g/mol. The second kappa shape index (κ2) is 9.88. The molecule has 0 bridgehead atoms. The fourth-order valence-corrected chi connectivity index (χ4v) is 0.511. The van der Waals surface area contributed by atoms with Crippen LogP contribution in [-0.4, -0.2) is 18.4 Å².